The molecule has 0 unspecified atom stereocenters. The first kappa shape index (κ1) is 17.9. The van der Waals surface area contributed by atoms with Crippen LogP contribution in [0.5, 0.6) is 0 Å². The molecule has 0 saturated carbocycles. The fraction of sp³-hybridized carbons (Fsp3) is 0.0769. The molecule has 2 heteroatoms. The molecule has 4 aromatic rings. The second-order valence-corrected chi connectivity index (χ2v) is 7.21. The fourth-order valence-corrected chi connectivity index (χ4v) is 3.47. The molecule has 4 N–H and O–H groups in total. The minimum atomic E-state index is 0.334. The standard InChI is InChI=1S/C26H24N2/c1-18(19-2-6-21(7-3-19)23-10-14-25(27)15-11-23)20-4-8-22(9-5-20)24-12-16-26(28)17-13-24/h2-18H,27-28H2,1H3. The van der Waals surface area contributed by atoms with Crippen molar-refractivity contribution in [1.29, 1.82) is 0 Å². The first-order valence-corrected chi connectivity index (χ1v) is 9.52. The van der Waals surface area contributed by atoms with E-state index in [-0.39, 0.29) is 0 Å². The summed E-state index contributed by atoms with van der Waals surface area (Å²) in [6.45, 7) is 2.25. The quantitative estimate of drug-likeness (QED) is 0.415. The number of benzene rings is 4. The minimum Gasteiger partial charge on any atom is -0.399 e. The summed E-state index contributed by atoms with van der Waals surface area (Å²) in [5.74, 6) is 0.334. The van der Waals surface area contributed by atoms with Crippen LogP contribution in [0.15, 0.2) is 97.1 Å². The van der Waals surface area contributed by atoms with Crippen molar-refractivity contribution >= 4 is 11.4 Å². The average Bonchev–Trinajstić information content (AvgIpc) is 2.75. The molecule has 0 fully saturated rings. The zero-order valence-electron chi connectivity index (χ0n) is 16.0. The second kappa shape index (κ2) is 7.61. The van der Waals surface area contributed by atoms with Crippen LogP contribution in [0, 0.1) is 0 Å². The third-order valence-electron chi connectivity index (χ3n) is 5.31. The van der Waals surface area contributed by atoms with Gasteiger partial charge >= 0.3 is 0 Å². The van der Waals surface area contributed by atoms with E-state index in [1.54, 1.807) is 0 Å². The molecule has 138 valence electrons. The molecule has 0 radical (unpaired) electrons. The molecule has 0 aliphatic heterocycles. The Labute approximate surface area is 166 Å². The highest BCUT2D eigenvalue weighted by molar-refractivity contribution is 5.67. The van der Waals surface area contributed by atoms with Gasteiger partial charge in [-0.3, -0.25) is 0 Å². The maximum Gasteiger partial charge on any atom is 0.0314 e. The van der Waals surface area contributed by atoms with Gasteiger partial charge in [0.1, 0.15) is 0 Å². The van der Waals surface area contributed by atoms with Crippen LogP contribution in [0.1, 0.15) is 24.0 Å². The molecular weight excluding hydrogens is 340 g/mol. The van der Waals surface area contributed by atoms with Crippen LogP contribution < -0.4 is 11.5 Å². The van der Waals surface area contributed by atoms with Gasteiger partial charge in [0.2, 0.25) is 0 Å². The van der Waals surface area contributed by atoms with Crippen LogP contribution in [-0.4, -0.2) is 0 Å². The van der Waals surface area contributed by atoms with Crippen molar-refractivity contribution < 1.29 is 0 Å². The van der Waals surface area contributed by atoms with E-state index >= 15 is 0 Å². The van der Waals surface area contributed by atoms with E-state index in [0.717, 1.165) is 11.4 Å². The molecule has 0 aromatic heterocycles. The third kappa shape index (κ3) is 3.77. The lowest BCUT2D eigenvalue weighted by atomic mass is 9.90. The molecule has 4 aromatic carbocycles. The van der Waals surface area contributed by atoms with E-state index in [1.165, 1.54) is 33.4 Å². The van der Waals surface area contributed by atoms with Crippen LogP contribution in [-0.2, 0) is 0 Å². The van der Waals surface area contributed by atoms with Gasteiger partial charge < -0.3 is 11.5 Å². The predicted molar refractivity (Wildman–Crippen MR) is 120 cm³/mol. The summed E-state index contributed by atoms with van der Waals surface area (Å²) >= 11 is 0. The summed E-state index contributed by atoms with van der Waals surface area (Å²) < 4.78 is 0. The van der Waals surface area contributed by atoms with Gasteiger partial charge in [-0.2, -0.15) is 0 Å². The fourth-order valence-electron chi connectivity index (χ4n) is 3.47. The van der Waals surface area contributed by atoms with Gasteiger partial charge in [-0.25, -0.2) is 0 Å². The Bertz CT molecular complexity index is 956. The maximum atomic E-state index is 5.78. The van der Waals surface area contributed by atoms with Crippen molar-refractivity contribution in [1.82, 2.24) is 0 Å². The molecule has 28 heavy (non-hydrogen) atoms. The van der Waals surface area contributed by atoms with Crippen molar-refractivity contribution in [3.05, 3.63) is 108 Å². The molecule has 4 rings (SSSR count). The van der Waals surface area contributed by atoms with Gasteiger partial charge in [0, 0.05) is 17.3 Å². The highest BCUT2D eigenvalue weighted by Crippen LogP contribution is 2.29. The van der Waals surface area contributed by atoms with Crippen LogP contribution in [0.25, 0.3) is 22.3 Å². The summed E-state index contributed by atoms with van der Waals surface area (Å²) in [7, 11) is 0. The lowest BCUT2D eigenvalue weighted by Gasteiger charge is -2.14. The predicted octanol–water partition coefficient (Wildman–Crippen LogP) is 6.34. The molecule has 0 bridgehead atoms. The van der Waals surface area contributed by atoms with E-state index in [1.807, 2.05) is 24.3 Å². The Kier molecular flexibility index (Phi) is 4.86. The Morgan fingerprint density at radius 3 is 0.964 bits per heavy atom. The third-order valence-corrected chi connectivity index (χ3v) is 5.31. The van der Waals surface area contributed by atoms with Crippen molar-refractivity contribution in [3.63, 3.8) is 0 Å². The highest BCUT2D eigenvalue weighted by Gasteiger charge is 2.09. The molecule has 0 saturated heterocycles. The molecule has 2 nitrogen and oxygen atoms in total. The summed E-state index contributed by atoms with van der Waals surface area (Å²) in [6, 6.07) is 33.6. The van der Waals surface area contributed by atoms with Crippen LogP contribution in [0.2, 0.25) is 0 Å². The summed E-state index contributed by atoms with van der Waals surface area (Å²) in [5, 5.41) is 0. The summed E-state index contributed by atoms with van der Waals surface area (Å²) in [6.07, 6.45) is 0. The highest BCUT2D eigenvalue weighted by atomic mass is 14.5. The Morgan fingerprint density at radius 2 is 0.679 bits per heavy atom. The zero-order chi connectivity index (χ0) is 19.5. The van der Waals surface area contributed by atoms with Gasteiger partial charge in [0.25, 0.3) is 0 Å². The molecule has 0 amide bonds. The number of anilines is 2. The minimum absolute atomic E-state index is 0.334. The molecule has 0 spiro atoms. The van der Waals surface area contributed by atoms with E-state index in [4.69, 9.17) is 11.5 Å². The topological polar surface area (TPSA) is 52.0 Å². The number of hydrogen-bond acceptors (Lipinski definition) is 2. The Balaban J connectivity index is 1.53. The van der Waals surface area contributed by atoms with Crippen LogP contribution in [0.4, 0.5) is 11.4 Å². The Morgan fingerprint density at radius 1 is 0.429 bits per heavy atom. The van der Waals surface area contributed by atoms with Crippen LogP contribution >= 0.6 is 0 Å². The van der Waals surface area contributed by atoms with Gasteiger partial charge in [-0.15, -0.1) is 0 Å². The second-order valence-electron chi connectivity index (χ2n) is 7.21. The largest absolute Gasteiger partial charge is 0.399 e. The van der Waals surface area contributed by atoms with Crippen molar-refractivity contribution in [2.24, 2.45) is 0 Å². The van der Waals surface area contributed by atoms with E-state index < -0.39 is 0 Å². The monoisotopic (exact) mass is 364 g/mol. The number of nitrogen functional groups attached to an aromatic ring is 2. The molecule has 0 heterocycles. The van der Waals surface area contributed by atoms with Crippen molar-refractivity contribution in [3.8, 4) is 22.3 Å². The number of rotatable bonds is 4. The van der Waals surface area contributed by atoms with E-state index in [9.17, 15) is 0 Å². The lowest BCUT2D eigenvalue weighted by Crippen LogP contribution is -1.96. The summed E-state index contributed by atoms with van der Waals surface area (Å²) in [5.41, 5.74) is 20.5. The zero-order valence-corrected chi connectivity index (χ0v) is 16.0. The first-order valence-electron chi connectivity index (χ1n) is 9.52. The number of nitrogens with two attached hydrogens (primary N) is 2. The van der Waals surface area contributed by atoms with Gasteiger partial charge in [-0.1, -0.05) is 79.7 Å². The molecular formula is C26H24N2. The van der Waals surface area contributed by atoms with Gasteiger partial charge in [0.05, 0.1) is 0 Å². The molecule has 0 atom stereocenters. The number of hydrogen-bond donors (Lipinski definition) is 2. The van der Waals surface area contributed by atoms with E-state index in [0.29, 0.717) is 5.92 Å². The van der Waals surface area contributed by atoms with Gasteiger partial charge in [-0.05, 0) is 57.6 Å². The summed E-state index contributed by atoms with van der Waals surface area (Å²) in [4.78, 5) is 0. The maximum absolute atomic E-state index is 5.78. The van der Waals surface area contributed by atoms with Gasteiger partial charge in [0.15, 0.2) is 0 Å². The Hall–Kier alpha value is -3.52. The SMILES string of the molecule is CC(c1ccc(-c2ccc(N)cc2)cc1)c1ccc(-c2ccc(N)cc2)cc1. The smallest absolute Gasteiger partial charge is 0.0314 e. The first-order chi connectivity index (χ1) is 13.6. The molecule has 0 aliphatic carbocycles. The van der Waals surface area contributed by atoms with Crippen molar-refractivity contribution in [2.45, 2.75) is 12.8 Å². The van der Waals surface area contributed by atoms with Crippen molar-refractivity contribution in [2.75, 3.05) is 11.5 Å². The van der Waals surface area contributed by atoms with Crippen LogP contribution in [0.3, 0.4) is 0 Å². The normalized spacial score (nSPS) is 10.9. The average molecular weight is 364 g/mol. The lowest BCUT2D eigenvalue weighted by molar-refractivity contribution is 0.923. The van der Waals surface area contributed by atoms with E-state index in [2.05, 4.69) is 79.7 Å². The molecule has 0 aliphatic rings.